The fraction of sp³-hybridized carbons (Fsp3) is 0.167. The first-order chi connectivity index (χ1) is 15.1. The molecular weight excluding hydrogens is 428 g/mol. The molecule has 3 aromatic carbocycles. The van der Waals surface area contributed by atoms with E-state index in [4.69, 9.17) is 10.5 Å². The van der Waals surface area contributed by atoms with E-state index in [-0.39, 0.29) is 16.1 Å². The van der Waals surface area contributed by atoms with Crippen LogP contribution in [0.2, 0.25) is 0 Å². The Morgan fingerprint density at radius 2 is 1.47 bits per heavy atom. The molecule has 0 heterocycles. The molecule has 0 spiro atoms. The Morgan fingerprint density at radius 1 is 0.906 bits per heavy atom. The fourth-order valence-electron chi connectivity index (χ4n) is 3.63. The van der Waals surface area contributed by atoms with Crippen molar-refractivity contribution in [2.24, 2.45) is 5.73 Å². The average Bonchev–Trinajstić information content (AvgIpc) is 2.71. The smallest absolute Gasteiger partial charge is 0.341 e. The third-order valence-corrected chi connectivity index (χ3v) is 6.52. The molecule has 0 radical (unpaired) electrons. The summed E-state index contributed by atoms with van der Waals surface area (Å²) in [7, 11) is -3.99. The monoisotopic (exact) mass is 452 g/mol. The summed E-state index contributed by atoms with van der Waals surface area (Å²) in [5, 5.41) is 0. The minimum absolute atomic E-state index is 0.0353. The van der Waals surface area contributed by atoms with Gasteiger partial charge in [0, 0.05) is 5.56 Å². The number of benzene rings is 3. The molecule has 1 atom stereocenters. The maximum atomic E-state index is 13.1. The normalized spacial score (nSPS) is 12.1. The Labute approximate surface area is 187 Å². The number of amides is 1. The van der Waals surface area contributed by atoms with Crippen LogP contribution in [0.3, 0.4) is 0 Å². The molecule has 166 valence electrons. The van der Waals surface area contributed by atoms with Crippen molar-refractivity contribution in [3.63, 3.8) is 0 Å². The van der Waals surface area contributed by atoms with Crippen LogP contribution < -0.4 is 10.5 Å². The average molecular weight is 453 g/mol. The molecule has 1 unspecified atom stereocenters. The zero-order valence-electron chi connectivity index (χ0n) is 18.0. The topological polar surface area (TPSA) is 116 Å². The maximum absolute atomic E-state index is 13.1. The van der Waals surface area contributed by atoms with E-state index in [0.29, 0.717) is 16.7 Å². The van der Waals surface area contributed by atoms with E-state index >= 15 is 0 Å². The minimum Gasteiger partial charge on any atom is -0.444 e. The summed E-state index contributed by atoms with van der Waals surface area (Å²) >= 11 is 0. The number of hydrogen-bond acceptors (Lipinski definition) is 5. The standard InChI is InChI=1S/C24H24N2O5S/c1-15-13-16(2)22(17(3)14-15)32(29,30)26-20-12-8-7-11-19(20)24(28)31-21(23(25)27)18-9-5-4-6-10-18/h4-14,21,26H,1-3H3,(H2,25,27). The molecule has 3 aromatic rings. The summed E-state index contributed by atoms with van der Waals surface area (Å²) in [5.74, 6) is -1.72. The van der Waals surface area contributed by atoms with Crippen LogP contribution >= 0.6 is 0 Å². The van der Waals surface area contributed by atoms with Crippen molar-refractivity contribution in [3.8, 4) is 0 Å². The van der Waals surface area contributed by atoms with Gasteiger partial charge in [0.05, 0.1) is 16.1 Å². The van der Waals surface area contributed by atoms with Gasteiger partial charge in [-0.25, -0.2) is 13.2 Å². The zero-order valence-corrected chi connectivity index (χ0v) is 18.8. The number of carbonyl (C=O) groups excluding carboxylic acids is 2. The Bertz CT molecular complexity index is 1250. The second-order valence-corrected chi connectivity index (χ2v) is 9.10. The summed E-state index contributed by atoms with van der Waals surface area (Å²) in [6.45, 7) is 5.31. The highest BCUT2D eigenvalue weighted by molar-refractivity contribution is 7.92. The molecule has 0 saturated heterocycles. The largest absolute Gasteiger partial charge is 0.444 e. The Morgan fingerprint density at radius 3 is 2.06 bits per heavy atom. The van der Waals surface area contributed by atoms with E-state index in [9.17, 15) is 18.0 Å². The van der Waals surface area contributed by atoms with Gasteiger partial charge in [-0.05, 0) is 44.0 Å². The first kappa shape index (κ1) is 23.0. The van der Waals surface area contributed by atoms with Crippen LogP contribution in [-0.4, -0.2) is 20.3 Å². The molecule has 0 aromatic heterocycles. The number of nitrogens with two attached hydrogens (primary N) is 1. The van der Waals surface area contributed by atoms with E-state index in [1.165, 1.54) is 12.1 Å². The number of carbonyl (C=O) groups is 2. The van der Waals surface area contributed by atoms with Gasteiger partial charge in [0.2, 0.25) is 6.10 Å². The molecule has 8 heteroatoms. The maximum Gasteiger partial charge on any atom is 0.341 e. The summed E-state index contributed by atoms with van der Waals surface area (Å²) in [4.78, 5) is 24.9. The quantitative estimate of drug-likeness (QED) is 0.529. The predicted octanol–water partition coefficient (Wildman–Crippen LogP) is 3.80. The number of anilines is 1. The number of ether oxygens (including phenoxy) is 1. The molecule has 0 saturated carbocycles. The van der Waals surface area contributed by atoms with Crippen LogP contribution in [-0.2, 0) is 19.6 Å². The number of aryl methyl sites for hydroxylation is 3. The van der Waals surface area contributed by atoms with E-state index in [2.05, 4.69) is 4.72 Å². The van der Waals surface area contributed by atoms with Crippen LogP contribution in [0.25, 0.3) is 0 Å². The van der Waals surface area contributed by atoms with Crippen molar-refractivity contribution >= 4 is 27.6 Å². The molecule has 32 heavy (non-hydrogen) atoms. The molecule has 0 fully saturated rings. The molecule has 1 amide bonds. The number of sulfonamides is 1. The molecule has 3 rings (SSSR count). The van der Waals surface area contributed by atoms with Crippen LogP contribution in [0.1, 0.15) is 38.7 Å². The summed E-state index contributed by atoms with van der Waals surface area (Å²) < 4.78 is 34.1. The van der Waals surface area contributed by atoms with Crippen molar-refractivity contribution in [2.45, 2.75) is 31.8 Å². The SMILES string of the molecule is Cc1cc(C)c(S(=O)(=O)Nc2ccccc2C(=O)OC(C(N)=O)c2ccccc2)c(C)c1. The molecule has 0 bridgehead atoms. The van der Waals surface area contributed by atoms with Gasteiger partial charge < -0.3 is 10.5 Å². The highest BCUT2D eigenvalue weighted by atomic mass is 32.2. The van der Waals surface area contributed by atoms with Crippen molar-refractivity contribution in [1.29, 1.82) is 0 Å². The van der Waals surface area contributed by atoms with Gasteiger partial charge >= 0.3 is 5.97 Å². The summed E-state index contributed by atoms with van der Waals surface area (Å²) in [5.41, 5.74) is 7.96. The van der Waals surface area contributed by atoms with E-state index < -0.39 is 28.0 Å². The molecule has 7 nitrogen and oxygen atoms in total. The van der Waals surface area contributed by atoms with Gasteiger partial charge in [-0.2, -0.15) is 0 Å². The lowest BCUT2D eigenvalue weighted by Gasteiger charge is -2.18. The number of rotatable bonds is 7. The highest BCUT2D eigenvalue weighted by Crippen LogP contribution is 2.27. The van der Waals surface area contributed by atoms with E-state index in [1.807, 2.05) is 6.92 Å². The van der Waals surface area contributed by atoms with Crippen LogP contribution in [0.4, 0.5) is 5.69 Å². The van der Waals surface area contributed by atoms with Gasteiger partial charge in [0.15, 0.2) is 0 Å². The van der Waals surface area contributed by atoms with E-state index in [1.54, 1.807) is 68.4 Å². The number of nitrogens with one attached hydrogen (secondary N) is 1. The molecule has 3 N–H and O–H groups in total. The van der Waals surface area contributed by atoms with E-state index in [0.717, 1.165) is 5.56 Å². The Kier molecular flexibility index (Phi) is 6.64. The third-order valence-electron chi connectivity index (χ3n) is 4.85. The first-order valence-corrected chi connectivity index (χ1v) is 11.3. The molecule has 0 aliphatic rings. The number of esters is 1. The molecule has 0 aliphatic heterocycles. The van der Waals surface area contributed by atoms with Crippen molar-refractivity contribution in [3.05, 3.63) is 94.5 Å². The highest BCUT2D eigenvalue weighted by Gasteiger charge is 2.27. The lowest BCUT2D eigenvalue weighted by molar-refractivity contribution is -0.127. The van der Waals surface area contributed by atoms with Crippen molar-refractivity contribution < 1.29 is 22.7 Å². The first-order valence-electron chi connectivity index (χ1n) is 9.85. The van der Waals surface area contributed by atoms with Gasteiger partial charge in [-0.3, -0.25) is 9.52 Å². The van der Waals surface area contributed by atoms with Gasteiger partial charge in [-0.1, -0.05) is 60.2 Å². The van der Waals surface area contributed by atoms with Crippen molar-refractivity contribution in [1.82, 2.24) is 0 Å². The zero-order chi connectivity index (χ0) is 23.5. The molecule has 0 aliphatic carbocycles. The minimum atomic E-state index is -3.99. The lowest BCUT2D eigenvalue weighted by Crippen LogP contribution is -2.27. The Balaban J connectivity index is 1.94. The Hall–Kier alpha value is -3.65. The van der Waals surface area contributed by atoms with Crippen LogP contribution in [0, 0.1) is 20.8 Å². The number of para-hydroxylation sites is 1. The summed E-state index contributed by atoms with van der Waals surface area (Å²) in [6.07, 6.45) is -1.31. The predicted molar refractivity (Wildman–Crippen MR) is 122 cm³/mol. The molecular formula is C24H24N2O5S. The van der Waals surface area contributed by atoms with Crippen molar-refractivity contribution in [2.75, 3.05) is 4.72 Å². The second kappa shape index (κ2) is 9.23. The number of hydrogen-bond donors (Lipinski definition) is 2. The third kappa shape index (κ3) is 4.97. The van der Waals surface area contributed by atoms with Gasteiger partial charge in [-0.15, -0.1) is 0 Å². The fourth-order valence-corrected chi connectivity index (χ4v) is 5.16. The summed E-state index contributed by atoms with van der Waals surface area (Å²) in [6, 6.07) is 17.9. The van der Waals surface area contributed by atoms with Gasteiger partial charge in [0.1, 0.15) is 0 Å². The lowest BCUT2D eigenvalue weighted by atomic mass is 10.1. The van der Waals surface area contributed by atoms with Crippen LogP contribution in [0.15, 0.2) is 71.6 Å². The van der Waals surface area contributed by atoms with Gasteiger partial charge in [0.25, 0.3) is 15.9 Å². The number of primary amides is 1. The second-order valence-electron chi connectivity index (χ2n) is 7.48. The van der Waals surface area contributed by atoms with Crippen LogP contribution in [0.5, 0.6) is 0 Å².